The number of aryl methyl sites for hydroxylation is 1. The molecule has 0 spiro atoms. The third-order valence-corrected chi connectivity index (χ3v) is 8.80. The number of rotatable bonds is 7. The predicted octanol–water partition coefficient (Wildman–Crippen LogP) is 5.64. The average Bonchev–Trinajstić information content (AvgIpc) is 3.12. The van der Waals surface area contributed by atoms with E-state index in [1.165, 1.54) is 4.57 Å². The first kappa shape index (κ1) is 30.5. The molecule has 10 heteroatoms. The summed E-state index contributed by atoms with van der Waals surface area (Å²) in [7, 11) is 5.34. The maximum Gasteiger partial charge on any atom is 0.411 e. The Balaban J connectivity index is 1.37. The maximum atomic E-state index is 13.3. The van der Waals surface area contributed by atoms with Gasteiger partial charge >= 0.3 is 6.09 Å². The van der Waals surface area contributed by atoms with Crippen LogP contribution in [0.25, 0.3) is 22.4 Å². The highest BCUT2D eigenvalue weighted by Crippen LogP contribution is 2.52. The van der Waals surface area contributed by atoms with Crippen LogP contribution in [0.2, 0.25) is 0 Å². The van der Waals surface area contributed by atoms with Crippen LogP contribution in [0, 0.1) is 0 Å². The number of piperidine rings is 1. The molecule has 2 fully saturated rings. The summed E-state index contributed by atoms with van der Waals surface area (Å²) in [4.78, 5) is 29.6. The van der Waals surface area contributed by atoms with Crippen LogP contribution in [-0.2, 0) is 16.5 Å². The van der Waals surface area contributed by atoms with Crippen molar-refractivity contribution in [1.82, 2.24) is 19.7 Å². The Morgan fingerprint density at radius 3 is 2.28 bits per heavy atom. The maximum absolute atomic E-state index is 13.3. The van der Waals surface area contributed by atoms with Gasteiger partial charge < -0.3 is 23.7 Å². The van der Waals surface area contributed by atoms with Gasteiger partial charge in [-0.3, -0.25) is 9.69 Å². The van der Waals surface area contributed by atoms with Crippen molar-refractivity contribution in [3.05, 3.63) is 59.0 Å². The van der Waals surface area contributed by atoms with E-state index in [9.17, 15) is 9.59 Å². The number of methoxy groups -OCH3 is 1. The fraction of sp³-hybridized carbons (Fsp3) is 0.515. The summed E-state index contributed by atoms with van der Waals surface area (Å²) < 4.78 is 18.4. The molecule has 10 nitrogen and oxygen atoms in total. The lowest BCUT2D eigenvalue weighted by molar-refractivity contribution is -0.0357. The van der Waals surface area contributed by atoms with E-state index in [-0.39, 0.29) is 35.6 Å². The SMILES string of the molecule is COCOc1cc(-c2ccn(C)c(=O)c2)ccc1-c1ccc(N(C)C2CC3(C)CC[C@](C)(C2)N3C(=O)OC(C)(C)C)nn1. The van der Waals surface area contributed by atoms with Gasteiger partial charge in [0.25, 0.3) is 5.56 Å². The Hall–Kier alpha value is -3.92. The molecule has 230 valence electrons. The van der Waals surface area contributed by atoms with Crippen molar-refractivity contribution < 1.29 is 19.0 Å². The summed E-state index contributed by atoms with van der Waals surface area (Å²) in [5, 5.41) is 9.19. The molecule has 3 atom stereocenters. The smallest absolute Gasteiger partial charge is 0.411 e. The number of hydrogen-bond donors (Lipinski definition) is 0. The molecular formula is C33H43N5O5. The lowest BCUT2D eigenvalue weighted by Crippen LogP contribution is -2.63. The molecule has 5 rings (SSSR count). The number of carbonyl (C=O) groups is 1. The van der Waals surface area contributed by atoms with Gasteiger partial charge in [0.05, 0.1) is 5.69 Å². The molecular weight excluding hydrogens is 546 g/mol. The fourth-order valence-electron chi connectivity index (χ4n) is 6.64. The number of fused-ring (bicyclic) bond motifs is 2. The summed E-state index contributed by atoms with van der Waals surface area (Å²) in [5.74, 6) is 1.35. The van der Waals surface area contributed by atoms with E-state index >= 15 is 0 Å². The van der Waals surface area contributed by atoms with Crippen LogP contribution < -0.4 is 15.2 Å². The highest BCUT2D eigenvalue weighted by Gasteiger charge is 2.59. The Morgan fingerprint density at radius 2 is 1.70 bits per heavy atom. The van der Waals surface area contributed by atoms with E-state index in [2.05, 4.69) is 36.0 Å². The van der Waals surface area contributed by atoms with Crippen molar-refractivity contribution >= 4 is 11.9 Å². The second kappa shape index (κ2) is 11.3. The Bertz CT molecular complexity index is 1530. The molecule has 0 aliphatic carbocycles. The fourth-order valence-corrected chi connectivity index (χ4v) is 6.64. The Kier molecular flexibility index (Phi) is 8.02. The van der Waals surface area contributed by atoms with Gasteiger partial charge in [-0.1, -0.05) is 6.07 Å². The van der Waals surface area contributed by atoms with Gasteiger partial charge in [0, 0.05) is 56.2 Å². The van der Waals surface area contributed by atoms with E-state index in [1.54, 1.807) is 26.4 Å². The third kappa shape index (κ3) is 6.11. The molecule has 2 aliphatic rings. The molecule has 3 aromatic rings. The number of anilines is 1. The van der Waals surface area contributed by atoms with E-state index in [0.29, 0.717) is 11.4 Å². The van der Waals surface area contributed by atoms with Crippen molar-refractivity contribution in [2.45, 2.75) is 83.0 Å². The molecule has 2 aromatic heterocycles. The van der Waals surface area contributed by atoms with Gasteiger partial charge in [-0.05, 0) is 102 Å². The van der Waals surface area contributed by atoms with E-state index in [1.807, 2.05) is 62.1 Å². The predicted molar refractivity (Wildman–Crippen MR) is 166 cm³/mol. The first-order chi connectivity index (χ1) is 20.2. The summed E-state index contributed by atoms with van der Waals surface area (Å²) in [6.07, 6.45) is 5.04. The van der Waals surface area contributed by atoms with Crippen molar-refractivity contribution in [1.29, 1.82) is 0 Å². The van der Waals surface area contributed by atoms with Crippen LogP contribution in [0.4, 0.5) is 10.6 Å². The first-order valence-electron chi connectivity index (χ1n) is 14.8. The van der Waals surface area contributed by atoms with E-state index in [0.717, 1.165) is 48.2 Å². The molecule has 2 bridgehead atoms. The van der Waals surface area contributed by atoms with Crippen LogP contribution in [0.1, 0.15) is 60.3 Å². The Labute approximate surface area is 253 Å². The molecule has 1 aromatic carbocycles. The number of nitrogens with zero attached hydrogens (tertiary/aromatic N) is 5. The van der Waals surface area contributed by atoms with Crippen LogP contribution in [0.3, 0.4) is 0 Å². The van der Waals surface area contributed by atoms with Crippen molar-refractivity contribution in [3.8, 4) is 28.1 Å². The number of benzene rings is 1. The molecule has 2 aliphatic heterocycles. The first-order valence-corrected chi connectivity index (χ1v) is 14.8. The highest BCUT2D eigenvalue weighted by atomic mass is 16.7. The van der Waals surface area contributed by atoms with Crippen molar-refractivity contribution in [2.75, 3.05) is 25.9 Å². The van der Waals surface area contributed by atoms with Gasteiger partial charge in [0.1, 0.15) is 11.4 Å². The zero-order valence-corrected chi connectivity index (χ0v) is 26.5. The van der Waals surface area contributed by atoms with Crippen molar-refractivity contribution in [2.24, 2.45) is 7.05 Å². The quantitative estimate of drug-likeness (QED) is 0.327. The number of pyridine rings is 1. The van der Waals surface area contributed by atoms with Crippen LogP contribution >= 0.6 is 0 Å². The van der Waals surface area contributed by atoms with Crippen LogP contribution in [-0.4, -0.2) is 69.4 Å². The summed E-state index contributed by atoms with van der Waals surface area (Å²) in [6.45, 7) is 10.2. The van der Waals surface area contributed by atoms with Gasteiger partial charge in [-0.2, -0.15) is 0 Å². The standard InChI is InChI=1S/C33H43N5O5/c1-31(2,3)43-30(40)38-32(4)14-15-33(38,5)20-24(19-32)37(7)28-12-11-26(34-35-28)25-10-9-22(17-27(25)42-21-41-8)23-13-16-36(6)29(39)18-23/h9-13,16-18,24H,14-15,19-21H2,1-8H3/t24?,32-,33?/m1/s1. The zero-order valence-electron chi connectivity index (χ0n) is 26.5. The largest absolute Gasteiger partial charge is 0.467 e. The molecule has 0 saturated carbocycles. The lowest BCUT2D eigenvalue weighted by atomic mass is 9.82. The average molecular weight is 590 g/mol. The van der Waals surface area contributed by atoms with Gasteiger partial charge in [0.2, 0.25) is 0 Å². The molecule has 1 amide bonds. The minimum atomic E-state index is -0.538. The molecule has 0 N–H and O–H groups in total. The van der Waals surface area contributed by atoms with Gasteiger partial charge in [-0.15, -0.1) is 10.2 Å². The second-order valence-corrected chi connectivity index (χ2v) is 13.4. The van der Waals surface area contributed by atoms with Crippen LogP contribution in [0.5, 0.6) is 5.75 Å². The Morgan fingerprint density at radius 1 is 1.02 bits per heavy atom. The zero-order chi connectivity index (χ0) is 31.2. The minimum Gasteiger partial charge on any atom is -0.467 e. The molecule has 2 saturated heterocycles. The summed E-state index contributed by atoms with van der Waals surface area (Å²) >= 11 is 0. The number of hydrogen-bond acceptors (Lipinski definition) is 8. The number of aromatic nitrogens is 3. The number of amides is 1. The van der Waals surface area contributed by atoms with Gasteiger partial charge in [-0.25, -0.2) is 4.79 Å². The van der Waals surface area contributed by atoms with Crippen LogP contribution in [0.15, 0.2) is 53.5 Å². The number of carbonyl (C=O) groups excluding carboxylic acids is 1. The minimum absolute atomic E-state index is 0.0702. The molecule has 4 heterocycles. The third-order valence-electron chi connectivity index (χ3n) is 8.80. The lowest BCUT2D eigenvalue weighted by Gasteiger charge is -2.52. The van der Waals surface area contributed by atoms with E-state index < -0.39 is 5.60 Å². The normalized spacial score (nSPS) is 23.3. The van der Waals surface area contributed by atoms with Gasteiger partial charge in [0.15, 0.2) is 12.6 Å². The molecule has 2 unspecified atom stereocenters. The molecule has 43 heavy (non-hydrogen) atoms. The van der Waals surface area contributed by atoms with E-state index in [4.69, 9.17) is 14.2 Å². The highest BCUT2D eigenvalue weighted by molar-refractivity contribution is 5.75. The second-order valence-electron chi connectivity index (χ2n) is 13.4. The molecule has 0 radical (unpaired) electrons. The topological polar surface area (TPSA) is 99.0 Å². The summed E-state index contributed by atoms with van der Waals surface area (Å²) in [6, 6.07) is 13.4. The summed E-state index contributed by atoms with van der Waals surface area (Å²) in [5.41, 5.74) is 1.88. The monoisotopic (exact) mass is 589 g/mol. The number of ether oxygens (including phenoxy) is 3. The van der Waals surface area contributed by atoms with Crippen molar-refractivity contribution in [3.63, 3.8) is 0 Å².